The number of aromatic nitrogens is 5. The molecule has 3 aromatic heterocycles. The summed E-state index contributed by atoms with van der Waals surface area (Å²) in [5.41, 5.74) is 5.76. The fourth-order valence-corrected chi connectivity index (χ4v) is 5.28. The molecule has 1 fully saturated rings. The number of hydrogen-bond acceptors (Lipinski definition) is 10. The predicted octanol–water partition coefficient (Wildman–Crippen LogP) is 1.91. The van der Waals surface area contributed by atoms with Gasteiger partial charge in [-0.3, -0.25) is 15.0 Å². The molecule has 0 aliphatic heterocycles. The van der Waals surface area contributed by atoms with E-state index >= 15 is 0 Å². The van der Waals surface area contributed by atoms with Crippen LogP contribution in [-0.4, -0.2) is 83.5 Å². The number of hydrogen-bond donors (Lipinski definition) is 4. The first-order valence-corrected chi connectivity index (χ1v) is 12.9. The second-order valence-corrected chi connectivity index (χ2v) is 9.94. The highest BCUT2D eigenvalue weighted by molar-refractivity contribution is 5.86. The van der Waals surface area contributed by atoms with Crippen LogP contribution in [0.2, 0.25) is 0 Å². The zero-order chi connectivity index (χ0) is 27.9. The molecular weight excluding hydrogens is 506 g/mol. The number of ether oxygens (including phenoxy) is 4. The maximum absolute atomic E-state index is 12.0. The maximum atomic E-state index is 12.0. The van der Waals surface area contributed by atoms with Crippen molar-refractivity contribution in [3.8, 4) is 0 Å². The SMILES string of the molecule is COCC1(OC)CCC(=NNc2cc(=O)[nH]cn2)CC1.COCC1(OC)CCc2[nH]c3nc[nH]c(=O)c3c2C1. The minimum Gasteiger partial charge on any atom is -0.382 e. The van der Waals surface area contributed by atoms with Crippen LogP contribution in [0.3, 0.4) is 0 Å². The monoisotopic (exact) mass is 543 g/mol. The van der Waals surface area contributed by atoms with E-state index in [2.05, 4.69) is 35.4 Å². The molecule has 3 heterocycles. The molecule has 1 saturated carbocycles. The molecule has 212 valence electrons. The number of nitrogens with one attached hydrogen (secondary N) is 4. The van der Waals surface area contributed by atoms with Crippen LogP contribution in [0.1, 0.15) is 43.4 Å². The van der Waals surface area contributed by atoms with Gasteiger partial charge in [0.1, 0.15) is 5.65 Å². The second-order valence-electron chi connectivity index (χ2n) is 9.94. The van der Waals surface area contributed by atoms with Gasteiger partial charge in [-0.25, -0.2) is 9.97 Å². The summed E-state index contributed by atoms with van der Waals surface area (Å²) in [5, 5.41) is 4.96. The number of methoxy groups -OCH3 is 4. The molecule has 0 saturated heterocycles. The van der Waals surface area contributed by atoms with Crippen LogP contribution < -0.4 is 16.5 Å². The van der Waals surface area contributed by atoms with Gasteiger partial charge in [0.2, 0.25) is 0 Å². The van der Waals surface area contributed by atoms with E-state index in [1.54, 1.807) is 28.4 Å². The van der Waals surface area contributed by atoms with Crippen molar-refractivity contribution in [1.29, 1.82) is 0 Å². The molecule has 5 rings (SSSR count). The zero-order valence-electron chi connectivity index (χ0n) is 22.9. The lowest BCUT2D eigenvalue weighted by molar-refractivity contribution is -0.0760. The third-order valence-corrected chi connectivity index (χ3v) is 7.54. The first kappa shape index (κ1) is 28.6. The summed E-state index contributed by atoms with van der Waals surface area (Å²) in [6.45, 7) is 1.12. The minimum atomic E-state index is -0.348. The Morgan fingerprint density at radius 3 is 2.26 bits per heavy atom. The molecule has 2 aliphatic carbocycles. The first-order chi connectivity index (χ1) is 18.9. The molecule has 39 heavy (non-hydrogen) atoms. The van der Waals surface area contributed by atoms with E-state index in [1.807, 2.05) is 0 Å². The molecule has 0 amide bonds. The molecule has 0 spiro atoms. The van der Waals surface area contributed by atoms with Gasteiger partial charge in [0.25, 0.3) is 11.1 Å². The lowest BCUT2D eigenvalue weighted by atomic mass is 9.83. The van der Waals surface area contributed by atoms with Crippen molar-refractivity contribution in [3.05, 3.63) is 50.7 Å². The lowest BCUT2D eigenvalue weighted by Gasteiger charge is -2.35. The Balaban J connectivity index is 0.000000181. The quantitative estimate of drug-likeness (QED) is 0.310. The highest BCUT2D eigenvalue weighted by atomic mass is 16.5. The Morgan fingerprint density at radius 1 is 0.923 bits per heavy atom. The molecule has 4 N–H and O–H groups in total. The molecule has 1 atom stereocenters. The Morgan fingerprint density at radius 2 is 1.59 bits per heavy atom. The van der Waals surface area contributed by atoms with E-state index in [1.165, 1.54) is 18.7 Å². The van der Waals surface area contributed by atoms with Gasteiger partial charge in [-0.15, -0.1) is 0 Å². The van der Waals surface area contributed by atoms with Crippen molar-refractivity contribution in [1.82, 2.24) is 24.9 Å². The van der Waals surface area contributed by atoms with Gasteiger partial charge < -0.3 is 33.9 Å². The normalized spacial score (nSPS) is 22.6. The number of H-pyrrole nitrogens is 3. The Labute approximate surface area is 225 Å². The molecule has 0 bridgehead atoms. The fourth-order valence-electron chi connectivity index (χ4n) is 5.28. The van der Waals surface area contributed by atoms with E-state index in [4.69, 9.17) is 18.9 Å². The van der Waals surface area contributed by atoms with E-state index in [-0.39, 0.29) is 22.3 Å². The number of fused-ring (bicyclic) bond motifs is 3. The Bertz CT molecular complexity index is 1390. The van der Waals surface area contributed by atoms with Crippen molar-refractivity contribution < 1.29 is 18.9 Å². The number of aromatic amines is 3. The van der Waals surface area contributed by atoms with Crippen molar-refractivity contribution in [2.45, 2.75) is 56.1 Å². The summed E-state index contributed by atoms with van der Waals surface area (Å²) < 4.78 is 21.7. The largest absolute Gasteiger partial charge is 0.382 e. The molecule has 3 aromatic rings. The summed E-state index contributed by atoms with van der Waals surface area (Å²) in [4.78, 5) is 39.6. The van der Waals surface area contributed by atoms with E-state index in [0.29, 0.717) is 36.5 Å². The number of aryl methyl sites for hydroxylation is 1. The maximum Gasteiger partial charge on any atom is 0.260 e. The Hall–Kier alpha value is -3.39. The molecular formula is C26H37N7O6. The van der Waals surface area contributed by atoms with Gasteiger partial charge in [0, 0.05) is 52.3 Å². The highest BCUT2D eigenvalue weighted by Gasteiger charge is 2.37. The first-order valence-electron chi connectivity index (χ1n) is 12.9. The third kappa shape index (κ3) is 6.61. The molecule has 13 heteroatoms. The average molecular weight is 544 g/mol. The van der Waals surface area contributed by atoms with Crippen LogP contribution in [0.4, 0.5) is 5.82 Å². The Kier molecular flexibility index (Phi) is 9.28. The van der Waals surface area contributed by atoms with Crippen LogP contribution in [0.15, 0.2) is 33.4 Å². The summed E-state index contributed by atoms with van der Waals surface area (Å²) in [5.74, 6) is 0.446. The lowest BCUT2D eigenvalue weighted by Crippen LogP contribution is -2.42. The molecule has 0 radical (unpaired) electrons. The number of anilines is 1. The van der Waals surface area contributed by atoms with E-state index < -0.39 is 0 Å². The predicted molar refractivity (Wildman–Crippen MR) is 146 cm³/mol. The summed E-state index contributed by atoms with van der Waals surface area (Å²) in [7, 11) is 6.77. The van der Waals surface area contributed by atoms with Gasteiger partial charge >= 0.3 is 0 Å². The van der Waals surface area contributed by atoms with Crippen LogP contribution in [0.25, 0.3) is 11.0 Å². The molecule has 13 nitrogen and oxygen atoms in total. The smallest absolute Gasteiger partial charge is 0.260 e. The average Bonchev–Trinajstić information content (AvgIpc) is 3.32. The summed E-state index contributed by atoms with van der Waals surface area (Å²) >= 11 is 0. The number of hydrazone groups is 1. The summed E-state index contributed by atoms with van der Waals surface area (Å²) in [6, 6.07) is 1.37. The molecule has 0 aromatic carbocycles. The van der Waals surface area contributed by atoms with Gasteiger partial charge in [0.15, 0.2) is 5.82 Å². The topological polar surface area (TPSA) is 169 Å². The minimum absolute atomic E-state index is 0.105. The van der Waals surface area contributed by atoms with Gasteiger partial charge in [-0.1, -0.05) is 0 Å². The zero-order valence-corrected chi connectivity index (χ0v) is 22.9. The second kappa shape index (κ2) is 12.6. The number of rotatable bonds is 8. The third-order valence-electron chi connectivity index (χ3n) is 7.54. The standard InChI is InChI=1S/C13H20N4O3.C13H17N3O3/c1-19-8-13(20-2)5-3-10(4-6-13)16-17-11-7-12(18)15-9-14-11;1-18-6-13(19-2)4-3-9-8(5-13)10-11(16-9)14-7-15-12(10)17/h7,9H,3-6,8H2,1-2H3,(H2,14,15,17,18);7H,3-6H2,1-2H3,(H2,14,15,16,17). The van der Waals surface area contributed by atoms with Crippen LogP contribution in [0.5, 0.6) is 0 Å². The van der Waals surface area contributed by atoms with Gasteiger partial charge in [-0.05, 0) is 44.1 Å². The van der Waals surface area contributed by atoms with Crippen LogP contribution in [0, 0.1) is 0 Å². The molecule has 2 aliphatic rings. The van der Waals surface area contributed by atoms with Crippen LogP contribution in [-0.2, 0) is 31.8 Å². The number of nitrogens with zero attached hydrogens (tertiary/aromatic N) is 3. The van der Waals surface area contributed by atoms with E-state index in [0.717, 1.165) is 55.5 Å². The van der Waals surface area contributed by atoms with Crippen molar-refractivity contribution in [3.63, 3.8) is 0 Å². The van der Waals surface area contributed by atoms with Gasteiger partial charge in [-0.2, -0.15) is 5.10 Å². The van der Waals surface area contributed by atoms with Crippen LogP contribution >= 0.6 is 0 Å². The van der Waals surface area contributed by atoms with E-state index in [9.17, 15) is 9.59 Å². The van der Waals surface area contributed by atoms with Crippen molar-refractivity contribution in [2.24, 2.45) is 5.10 Å². The fraction of sp³-hybridized carbons (Fsp3) is 0.577. The van der Waals surface area contributed by atoms with Gasteiger partial charge in [0.05, 0.1) is 42.5 Å². The highest BCUT2D eigenvalue weighted by Crippen LogP contribution is 2.34. The molecule has 1 unspecified atom stereocenters. The summed E-state index contributed by atoms with van der Waals surface area (Å²) in [6.07, 6.45) is 8.58. The van der Waals surface area contributed by atoms with Crippen molar-refractivity contribution in [2.75, 3.05) is 47.1 Å². The van der Waals surface area contributed by atoms with Crippen molar-refractivity contribution >= 4 is 22.6 Å².